The first-order valence-corrected chi connectivity index (χ1v) is 12.5. The maximum atomic E-state index is 13.7. The van der Waals surface area contributed by atoms with E-state index in [9.17, 15) is 22.4 Å². The van der Waals surface area contributed by atoms with E-state index < -0.39 is 23.6 Å². The van der Waals surface area contributed by atoms with Crippen molar-refractivity contribution in [2.24, 2.45) is 0 Å². The molecule has 2 aliphatic rings. The zero-order valence-corrected chi connectivity index (χ0v) is 19.9. The van der Waals surface area contributed by atoms with Crippen molar-refractivity contribution in [3.05, 3.63) is 71.0 Å². The molecule has 4 nitrogen and oxygen atoms in total. The molecular weight excluding hydrogens is 458 g/mol. The molecule has 0 radical (unpaired) electrons. The summed E-state index contributed by atoms with van der Waals surface area (Å²) in [4.78, 5) is 18.0. The Kier molecular flexibility index (Phi) is 8.44. The van der Waals surface area contributed by atoms with Crippen LogP contribution in [0.15, 0.2) is 48.5 Å². The van der Waals surface area contributed by atoms with Crippen LogP contribution in [0.3, 0.4) is 0 Å². The van der Waals surface area contributed by atoms with Gasteiger partial charge in [0, 0.05) is 38.8 Å². The first-order valence-electron chi connectivity index (χ1n) is 12.5. The molecule has 1 saturated carbocycles. The molecule has 1 saturated heterocycles. The number of alkyl halides is 3. The van der Waals surface area contributed by atoms with Gasteiger partial charge in [-0.3, -0.25) is 14.6 Å². The van der Waals surface area contributed by atoms with Gasteiger partial charge in [0.1, 0.15) is 11.9 Å². The van der Waals surface area contributed by atoms with Crippen molar-refractivity contribution < 1.29 is 22.4 Å². The summed E-state index contributed by atoms with van der Waals surface area (Å²) >= 11 is 0. The molecule has 0 bridgehead atoms. The molecule has 2 fully saturated rings. The fourth-order valence-corrected chi connectivity index (χ4v) is 5.36. The van der Waals surface area contributed by atoms with Crippen LogP contribution in [0.1, 0.15) is 54.8 Å². The van der Waals surface area contributed by atoms with Crippen molar-refractivity contribution in [1.82, 2.24) is 15.1 Å². The highest BCUT2D eigenvalue weighted by Gasteiger charge is 2.33. The fourth-order valence-electron chi connectivity index (χ4n) is 5.36. The number of amides is 1. The summed E-state index contributed by atoms with van der Waals surface area (Å²) in [6.45, 7) is 3.53. The molecule has 8 heteroatoms. The van der Waals surface area contributed by atoms with Gasteiger partial charge in [-0.1, -0.05) is 49.6 Å². The van der Waals surface area contributed by atoms with E-state index in [0.29, 0.717) is 12.1 Å². The second kappa shape index (κ2) is 11.5. The van der Waals surface area contributed by atoms with Gasteiger partial charge in [-0.05, 0) is 48.6 Å². The molecule has 0 spiro atoms. The van der Waals surface area contributed by atoms with Crippen LogP contribution in [0.25, 0.3) is 0 Å². The van der Waals surface area contributed by atoms with Crippen LogP contribution in [0.5, 0.6) is 0 Å². The van der Waals surface area contributed by atoms with Crippen LogP contribution >= 0.6 is 0 Å². The number of rotatable bonds is 7. The summed E-state index contributed by atoms with van der Waals surface area (Å²) in [5, 5.41) is 2.88. The van der Waals surface area contributed by atoms with Crippen molar-refractivity contribution in [2.45, 2.75) is 56.8 Å². The van der Waals surface area contributed by atoms with Gasteiger partial charge in [0.05, 0.1) is 5.56 Å². The van der Waals surface area contributed by atoms with E-state index in [2.05, 4.69) is 15.1 Å². The van der Waals surface area contributed by atoms with Crippen LogP contribution in [-0.4, -0.2) is 54.5 Å². The monoisotopic (exact) mass is 491 g/mol. The summed E-state index contributed by atoms with van der Waals surface area (Å²) in [6, 6.07) is 12.3. The van der Waals surface area contributed by atoms with E-state index in [1.165, 1.54) is 32.1 Å². The van der Waals surface area contributed by atoms with E-state index in [0.717, 1.165) is 43.9 Å². The highest BCUT2D eigenvalue weighted by molar-refractivity contribution is 5.83. The highest BCUT2D eigenvalue weighted by atomic mass is 19.4. The topological polar surface area (TPSA) is 35.6 Å². The zero-order chi connectivity index (χ0) is 24.8. The Hall–Kier alpha value is -2.45. The lowest BCUT2D eigenvalue weighted by Crippen LogP contribution is -2.53. The maximum Gasteiger partial charge on any atom is 0.416 e. The molecule has 35 heavy (non-hydrogen) atoms. The minimum absolute atomic E-state index is 0.115. The average molecular weight is 492 g/mol. The van der Waals surface area contributed by atoms with E-state index in [-0.39, 0.29) is 24.4 Å². The van der Waals surface area contributed by atoms with Gasteiger partial charge in [-0.2, -0.15) is 13.2 Å². The van der Waals surface area contributed by atoms with Gasteiger partial charge in [-0.15, -0.1) is 0 Å². The third-order valence-electron chi connectivity index (χ3n) is 7.17. The predicted molar refractivity (Wildman–Crippen MR) is 127 cm³/mol. The smallest absolute Gasteiger partial charge is 0.354 e. The van der Waals surface area contributed by atoms with E-state index in [1.807, 2.05) is 30.3 Å². The van der Waals surface area contributed by atoms with Gasteiger partial charge < -0.3 is 5.32 Å². The molecule has 1 amide bonds. The Balaban J connectivity index is 1.39. The van der Waals surface area contributed by atoms with Crippen LogP contribution in [-0.2, 0) is 17.4 Å². The molecule has 1 aliphatic heterocycles. The third-order valence-corrected chi connectivity index (χ3v) is 7.17. The molecular formula is C27H33F4N3O. The highest BCUT2D eigenvalue weighted by Crippen LogP contribution is 2.31. The number of carbonyl (C=O) groups is 1. The molecule has 2 aromatic rings. The van der Waals surface area contributed by atoms with Gasteiger partial charge in [0.25, 0.3) is 0 Å². The number of hydrogen-bond donors (Lipinski definition) is 1. The number of nitrogens with zero attached hydrogens (tertiary/aromatic N) is 2. The summed E-state index contributed by atoms with van der Waals surface area (Å²) in [7, 11) is 0. The Labute approximate surface area is 204 Å². The van der Waals surface area contributed by atoms with Crippen LogP contribution in [0.4, 0.5) is 17.6 Å². The number of hydrogen-bond acceptors (Lipinski definition) is 3. The Morgan fingerprint density at radius 1 is 0.971 bits per heavy atom. The standard InChI is InChI=1S/C27H33F4N3O/c28-23-18-20(17-22(19-23)27(29,30)31)11-12-32-26(35)25(21-7-3-1-4-8-21)34-15-13-33(14-16-34)24-9-5-2-6-10-24/h1,3-4,7-8,17-19,24-25H,2,5-6,9-16H2,(H,32,35). The van der Waals surface area contributed by atoms with Crippen molar-refractivity contribution in [1.29, 1.82) is 0 Å². The number of nitrogens with one attached hydrogen (secondary N) is 1. The van der Waals surface area contributed by atoms with E-state index in [1.54, 1.807) is 0 Å². The van der Waals surface area contributed by atoms with Crippen LogP contribution < -0.4 is 5.32 Å². The lowest BCUT2D eigenvalue weighted by atomic mass is 9.93. The molecule has 1 unspecified atom stereocenters. The van der Waals surface area contributed by atoms with Gasteiger partial charge in [-0.25, -0.2) is 4.39 Å². The van der Waals surface area contributed by atoms with Gasteiger partial charge in [0.15, 0.2) is 0 Å². The van der Waals surface area contributed by atoms with Crippen molar-refractivity contribution in [3.8, 4) is 0 Å². The second-order valence-corrected chi connectivity index (χ2v) is 9.56. The van der Waals surface area contributed by atoms with Gasteiger partial charge in [0.2, 0.25) is 5.91 Å². The normalized spacial score (nSPS) is 19.4. The molecule has 1 heterocycles. The van der Waals surface area contributed by atoms with Crippen LogP contribution in [0, 0.1) is 5.82 Å². The Morgan fingerprint density at radius 3 is 2.31 bits per heavy atom. The molecule has 1 aliphatic carbocycles. The first-order chi connectivity index (χ1) is 16.8. The number of halogens is 4. The number of carbonyl (C=O) groups excluding carboxylic acids is 1. The van der Waals surface area contributed by atoms with Crippen LogP contribution in [0.2, 0.25) is 0 Å². The van der Waals surface area contributed by atoms with Crippen molar-refractivity contribution in [2.75, 3.05) is 32.7 Å². The van der Waals surface area contributed by atoms with E-state index in [4.69, 9.17) is 0 Å². The quantitative estimate of drug-likeness (QED) is 0.541. The predicted octanol–water partition coefficient (Wildman–Crippen LogP) is 5.19. The summed E-state index contributed by atoms with van der Waals surface area (Å²) in [5.41, 5.74) is 0.0769. The Morgan fingerprint density at radius 2 is 1.66 bits per heavy atom. The minimum atomic E-state index is -4.61. The second-order valence-electron chi connectivity index (χ2n) is 9.56. The zero-order valence-electron chi connectivity index (χ0n) is 19.9. The van der Waals surface area contributed by atoms with Crippen molar-refractivity contribution >= 4 is 5.91 Å². The van der Waals surface area contributed by atoms with E-state index >= 15 is 0 Å². The molecule has 0 aromatic heterocycles. The Bertz CT molecular complexity index is 968. The summed E-state index contributed by atoms with van der Waals surface area (Å²) in [6.07, 6.45) is 1.89. The minimum Gasteiger partial charge on any atom is -0.354 e. The molecule has 1 N–H and O–H groups in total. The summed E-state index contributed by atoms with van der Waals surface area (Å²) < 4.78 is 52.7. The van der Waals surface area contributed by atoms with Gasteiger partial charge >= 0.3 is 6.18 Å². The lowest BCUT2D eigenvalue weighted by Gasteiger charge is -2.43. The molecule has 1 atom stereocenters. The summed E-state index contributed by atoms with van der Waals surface area (Å²) in [5.74, 6) is -1.12. The molecule has 4 rings (SSSR count). The molecule has 190 valence electrons. The average Bonchev–Trinajstić information content (AvgIpc) is 2.85. The number of piperazine rings is 1. The molecule has 2 aromatic carbocycles. The maximum absolute atomic E-state index is 13.7. The van der Waals surface area contributed by atoms with Crippen molar-refractivity contribution in [3.63, 3.8) is 0 Å². The number of benzene rings is 2. The first kappa shape index (κ1) is 25.6. The SMILES string of the molecule is O=C(NCCc1cc(F)cc(C(F)(F)F)c1)C(c1ccccc1)N1CCN(C2CCCCC2)CC1. The third kappa shape index (κ3) is 6.82. The fraction of sp³-hybridized carbons (Fsp3) is 0.519. The largest absolute Gasteiger partial charge is 0.416 e. The lowest BCUT2D eigenvalue weighted by molar-refractivity contribution is -0.137.